The molecule has 1 aliphatic rings. The van der Waals surface area contributed by atoms with Crippen LogP contribution in [0.15, 0.2) is 36.4 Å². The fourth-order valence-electron chi connectivity index (χ4n) is 2.18. The van der Waals surface area contributed by atoms with Gasteiger partial charge in [-0.1, -0.05) is 63.3 Å². The molecule has 5 heteroatoms. The lowest BCUT2D eigenvalue weighted by molar-refractivity contribution is -0.132. The van der Waals surface area contributed by atoms with Gasteiger partial charge in [-0.2, -0.15) is 0 Å². The van der Waals surface area contributed by atoms with Crippen molar-refractivity contribution in [3.8, 4) is 0 Å². The van der Waals surface area contributed by atoms with Crippen molar-refractivity contribution < 1.29 is 13.7 Å². The van der Waals surface area contributed by atoms with Gasteiger partial charge >= 0.3 is 5.97 Å². The zero-order valence-electron chi connectivity index (χ0n) is 14.6. The van der Waals surface area contributed by atoms with Crippen LogP contribution in [-0.2, 0) is 13.7 Å². The Kier molecular flexibility index (Phi) is 7.09. The molecule has 0 aliphatic carbocycles. The first-order chi connectivity index (χ1) is 11.5. The Bertz CT molecular complexity index is 686. The summed E-state index contributed by atoms with van der Waals surface area (Å²) >= 11 is 0. The van der Waals surface area contributed by atoms with E-state index in [4.69, 9.17) is 8.92 Å². The highest BCUT2D eigenvalue weighted by Crippen LogP contribution is 2.28. The molecule has 24 heavy (non-hydrogen) atoms. The first kappa shape index (κ1) is 18.8. The van der Waals surface area contributed by atoms with Crippen molar-refractivity contribution in [2.75, 3.05) is 13.2 Å². The molecule has 1 aromatic carbocycles. The van der Waals surface area contributed by atoms with Gasteiger partial charge in [0, 0.05) is 28.6 Å². The standard InChI is InChI=1S/C19H27NO3S/c1-4-19(21)23-24(15-22-13-16(2)3)14-18(12-20-24)11-10-17-8-6-5-7-9-17/h5-11,14-16,18,20H,4,12-13H2,1-3H3/b11-10+. The molecule has 0 spiro atoms. The van der Waals surface area contributed by atoms with E-state index in [1.54, 1.807) is 12.5 Å². The fourth-order valence-corrected chi connectivity index (χ4v) is 4.43. The second-order valence-electron chi connectivity index (χ2n) is 6.20. The van der Waals surface area contributed by atoms with E-state index in [9.17, 15) is 4.79 Å². The third kappa shape index (κ3) is 5.82. The first-order valence-corrected chi connectivity index (χ1v) is 10.0. The summed E-state index contributed by atoms with van der Waals surface area (Å²) in [6.07, 6.45) is 4.58. The molecular weight excluding hydrogens is 322 g/mol. The number of rotatable bonds is 7. The van der Waals surface area contributed by atoms with E-state index in [0.717, 1.165) is 12.1 Å². The van der Waals surface area contributed by atoms with Gasteiger partial charge in [-0.05, 0) is 16.8 Å². The van der Waals surface area contributed by atoms with Crippen LogP contribution in [0.3, 0.4) is 0 Å². The van der Waals surface area contributed by atoms with E-state index in [-0.39, 0.29) is 11.9 Å². The Balaban J connectivity index is 2.17. The second kappa shape index (κ2) is 9.06. The summed E-state index contributed by atoms with van der Waals surface area (Å²) in [5, 5.41) is 2.07. The minimum absolute atomic E-state index is 0.198. The third-order valence-electron chi connectivity index (χ3n) is 3.42. The highest BCUT2D eigenvalue weighted by Gasteiger charge is 2.20. The van der Waals surface area contributed by atoms with Crippen LogP contribution in [0, 0.1) is 11.8 Å². The lowest BCUT2D eigenvalue weighted by atomic mass is 10.1. The zero-order chi connectivity index (χ0) is 17.4. The van der Waals surface area contributed by atoms with Gasteiger partial charge in [0.25, 0.3) is 0 Å². The lowest BCUT2D eigenvalue weighted by Crippen LogP contribution is -2.15. The number of nitrogens with one attached hydrogen (secondary N) is 1. The van der Waals surface area contributed by atoms with E-state index in [0.29, 0.717) is 18.9 Å². The molecule has 0 saturated heterocycles. The summed E-state index contributed by atoms with van der Waals surface area (Å²) in [5.74, 6) is 0.407. The van der Waals surface area contributed by atoms with Crippen molar-refractivity contribution in [3.63, 3.8) is 0 Å². The average molecular weight is 349 g/mol. The first-order valence-electron chi connectivity index (χ1n) is 8.36. The van der Waals surface area contributed by atoms with Crippen LogP contribution >= 0.6 is 9.67 Å². The third-order valence-corrected chi connectivity index (χ3v) is 5.67. The van der Waals surface area contributed by atoms with E-state index in [1.165, 1.54) is 0 Å². The Labute approximate surface area is 145 Å². The number of carbonyl (C=O) groups is 1. The number of hydrogen-bond donors (Lipinski definition) is 1. The zero-order valence-corrected chi connectivity index (χ0v) is 15.4. The van der Waals surface area contributed by atoms with Crippen LogP contribution in [0.2, 0.25) is 0 Å². The summed E-state index contributed by atoms with van der Waals surface area (Å²) in [7, 11) is -1.94. The molecular formula is C19H27NO3S. The maximum atomic E-state index is 11.8. The minimum Gasteiger partial charge on any atom is -0.392 e. The molecule has 132 valence electrons. The van der Waals surface area contributed by atoms with Gasteiger partial charge in [0.1, 0.15) is 5.55 Å². The van der Waals surface area contributed by atoms with Crippen LogP contribution in [0.5, 0.6) is 0 Å². The van der Waals surface area contributed by atoms with E-state index < -0.39 is 9.67 Å². The number of benzene rings is 1. The number of hydrogen-bond acceptors (Lipinski definition) is 4. The Morgan fingerprint density at radius 1 is 1.38 bits per heavy atom. The quantitative estimate of drug-likeness (QED) is 0.762. The van der Waals surface area contributed by atoms with Gasteiger partial charge in [0.2, 0.25) is 0 Å². The summed E-state index contributed by atoms with van der Waals surface area (Å²) in [6, 6.07) is 10.2. The molecule has 1 aromatic rings. The fraction of sp³-hybridized carbons (Fsp3) is 0.421. The van der Waals surface area contributed by atoms with E-state index in [1.807, 2.05) is 18.2 Å². The predicted molar refractivity (Wildman–Crippen MR) is 104 cm³/mol. The van der Waals surface area contributed by atoms with Crippen molar-refractivity contribution in [3.05, 3.63) is 42.0 Å². The Hall–Kier alpha value is -1.56. The number of carbonyl (C=O) groups excluding carboxylic acids is 1. The van der Waals surface area contributed by atoms with Gasteiger partial charge in [0.15, 0.2) is 0 Å². The van der Waals surface area contributed by atoms with Crippen molar-refractivity contribution >= 4 is 32.6 Å². The molecule has 0 saturated carbocycles. The molecule has 0 bridgehead atoms. The van der Waals surface area contributed by atoms with Crippen LogP contribution in [0.4, 0.5) is 0 Å². The lowest BCUT2D eigenvalue weighted by Gasteiger charge is -2.15. The Morgan fingerprint density at radius 2 is 2.12 bits per heavy atom. The second-order valence-corrected chi connectivity index (χ2v) is 8.41. The van der Waals surface area contributed by atoms with Gasteiger partial charge in [-0.15, -0.1) is 0 Å². The minimum atomic E-state index is -1.94. The van der Waals surface area contributed by atoms with Gasteiger partial charge in [-0.25, -0.2) is 4.72 Å². The predicted octanol–water partition coefficient (Wildman–Crippen LogP) is 3.74. The monoisotopic (exact) mass is 349 g/mol. The summed E-state index contributed by atoms with van der Waals surface area (Å²) in [4.78, 5) is 11.8. The number of ether oxygens (including phenoxy) is 1. The van der Waals surface area contributed by atoms with Crippen LogP contribution in [0.25, 0.3) is 6.08 Å². The molecule has 1 N–H and O–H groups in total. The molecule has 0 radical (unpaired) electrons. The molecule has 2 unspecified atom stereocenters. The molecule has 4 nitrogen and oxygen atoms in total. The summed E-state index contributed by atoms with van der Waals surface area (Å²) in [6.45, 7) is 7.32. The molecule has 0 amide bonds. The SMILES string of the molecule is CCC(=O)OS1(=COCC(C)C)=CC(/C=C/c2ccccc2)CN1. The van der Waals surface area contributed by atoms with Gasteiger partial charge in [-0.3, -0.25) is 4.79 Å². The van der Waals surface area contributed by atoms with E-state index in [2.05, 4.69) is 48.2 Å². The van der Waals surface area contributed by atoms with Gasteiger partial charge < -0.3 is 8.92 Å². The van der Waals surface area contributed by atoms with E-state index >= 15 is 0 Å². The Morgan fingerprint density at radius 3 is 2.79 bits per heavy atom. The molecule has 2 atom stereocenters. The largest absolute Gasteiger partial charge is 0.392 e. The van der Waals surface area contributed by atoms with Crippen molar-refractivity contribution in [1.29, 1.82) is 0 Å². The van der Waals surface area contributed by atoms with Crippen LogP contribution in [-0.4, -0.2) is 30.0 Å². The summed E-state index contributed by atoms with van der Waals surface area (Å²) in [5.41, 5.74) is 2.85. The van der Waals surface area contributed by atoms with Gasteiger partial charge in [0.05, 0.1) is 6.61 Å². The molecule has 2 rings (SSSR count). The van der Waals surface area contributed by atoms with Crippen molar-refractivity contribution in [2.45, 2.75) is 27.2 Å². The summed E-state index contributed by atoms with van der Waals surface area (Å²) < 4.78 is 14.7. The molecule has 1 aliphatic heterocycles. The maximum Gasteiger partial charge on any atom is 0.317 e. The van der Waals surface area contributed by atoms with Crippen molar-refractivity contribution in [2.24, 2.45) is 11.8 Å². The van der Waals surface area contributed by atoms with Crippen LogP contribution in [0.1, 0.15) is 32.8 Å². The smallest absolute Gasteiger partial charge is 0.317 e. The molecule has 1 heterocycles. The highest BCUT2D eigenvalue weighted by atomic mass is 32.2. The van der Waals surface area contributed by atoms with Crippen molar-refractivity contribution in [1.82, 2.24) is 4.72 Å². The topological polar surface area (TPSA) is 47.6 Å². The van der Waals surface area contributed by atoms with Crippen LogP contribution < -0.4 is 4.72 Å². The molecule has 0 fully saturated rings. The normalized spacial score (nSPS) is 23.4. The average Bonchev–Trinajstić information content (AvgIpc) is 2.96. The molecule has 0 aromatic heterocycles. The highest BCUT2D eigenvalue weighted by molar-refractivity contribution is 8.24. The maximum absolute atomic E-state index is 11.8.